The molecule has 6 heterocycles. The van der Waals surface area contributed by atoms with Crippen LogP contribution in [0, 0.1) is 0 Å². The number of rotatable bonds is 17. The number of ether oxygens (including phenoxy) is 4. The lowest BCUT2D eigenvalue weighted by Crippen LogP contribution is -2.30. The summed E-state index contributed by atoms with van der Waals surface area (Å²) in [5.41, 5.74) is 13.9. The van der Waals surface area contributed by atoms with Crippen LogP contribution in [0.15, 0.2) is 12.4 Å². The molecule has 0 radical (unpaired) electrons. The normalized spacial score (nSPS) is 13.9. The fraction of sp³-hybridized carbons (Fsp3) is 0.628. The number of aryl methyl sites for hydroxylation is 4. The van der Waals surface area contributed by atoms with Crippen molar-refractivity contribution in [3.8, 4) is 0 Å². The number of anilines is 2. The van der Waals surface area contributed by atoms with Gasteiger partial charge in [0.05, 0.1) is 47.8 Å². The number of carbonyl (C=O) groups excluding carboxylic acids is 3. The van der Waals surface area contributed by atoms with Gasteiger partial charge in [-0.1, -0.05) is 21.3 Å². The van der Waals surface area contributed by atoms with E-state index in [1.54, 1.807) is 13.8 Å². The van der Waals surface area contributed by atoms with Crippen molar-refractivity contribution >= 4 is 69.7 Å². The number of carboxylic acid groups (broad SMARTS) is 1. The standard InChI is InChI=1S/C21H31N5O4.C16H25N5O.C5H8O4.CH4.ClH/c1-4-17-15(12-22-18(27)11-19(28)30-6-3)20(24-14-7-9-29-10-8-14)16-13-23-26(5-2)21(16)25-17;1-3-14-12(9-17)15(19-11-5-7-22-8-6-11)13-10-18-21(4-2)16(13)20-14;1-2-9-5(8)3-4(6)7;;/h13-14H,4-12H2,1-3H3,(H,22,27)(H,24,25);10-11H,3-9,17H2,1-2H3,(H,19,20);2-3H2,1H3,(H,6,7);1H4;1H. The van der Waals surface area contributed by atoms with Crippen LogP contribution in [-0.4, -0.2) is 110 Å². The number of pyridine rings is 2. The van der Waals surface area contributed by atoms with Crippen molar-refractivity contribution in [3.63, 3.8) is 0 Å². The second-order valence-electron chi connectivity index (χ2n) is 14.3. The molecule has 2 aliphatic rings. The van der Waals surface area contributed by atoms with Gasteiger partial charge in [0.25, 0.3) is 0 Å². The topological polar surface area (TPSA) is 249 Å². The molecular weight excluding hydrogens is 836 g/mol. The summed E-state index contributed by atoms with van der Waals surface area (Å²) in [6, 6.07) is 0.715. The number of amides is 1. The van der Waals surface area contributed by atoms with Crippen LogP contribution < -0.4 is 21.7 Å². The first-order valence-electron chi connectivity index (χ1n) is 21.4. The number of hydrogen-bond acceptors (Lipinski definition) is 15. The van der Waals surface area contributed by atoms with Crippen LogP contribution in [0.25, 0.3) is 22.1 Å². The van der Waals surface area contributed by atoms with Crippen molar-refractivity contribution in [2.24, 2.45) is 5.73 Å². The van der Waals surface area contributed by atoms with E-state index in [0.29, 0.717) is 12.6 Å². The molecule has 0 aliphatic carbocycles. The Kier molecular flexibility index (Phi) is 23.9. The van der Waals surface area contributed by atoms with E-state index in [1.165, 1.54) is 0 Å². The molecule has 352 valence electrons. The molecule has 6 N–H and O–H groups in total. The smallest absolute Gasteiger partial charge is 0.317 e. The number of aromatic nitrogens is 6. The molecule has 19 nitrogen and oxygen atoms in total. The van der Waals surface area contributed by atoms with Crippen LogP contribution >= 0.6 is 12.4 Å². The lowest BCUT2D eigenvalue weighted by molar-refractivity contribution is -0.151. The lowest BCUT2D eigenvalue weighted by Gasteiger charge is -2.26. The van der Waals surface area contributed by atoms with Gasteiger partial charge in [-0.05, 0) is 66.2 Å². The molecule has 0 spiro atoms. The van der Waals surface area contributed by atoms with Gasteiger partial charge in [-0.2, -0.15) is 10.2 Å². The monoisotopic (exact) mass is 904 g/mol. The molecule has 6 rings (SSSR count). The molecule has 2 saturated heterocycles. The molecule has 0 atom stereocenters. The highest BCUT2D eigenvalue weighted by molar-refractivity contribution is 5.95. The number of nitrogens with two attached hydrogens (primary N) is 1. The Hall–Kier alpha value is -5.11. The van der Waals surface area contributed by atoms with E-state index in [-0.39, 0.29) is 58.0 Å². The number of halogens is 1. The van der Waals surface area contributed by atoms with Gasteiger partial charge in [0.15, 0.2) is 11.3 Å². The number of nitrogens with zero attached hydrogens (tertiary/aromatic N) is 6. The van der Waals surface area contributed by atoms with Crippen LogP contribution in [0.4, 0.5) is 11.4 Å². The SMILES string of the molecule is C.CCOC(=O)CC(=O)NCc1c(CC)nc2c(cnn2CC)c1NC1CCOCC1.CCOC(=O)CC(=O)O.CCc1nc2c(cnn2CC)c(NC2CCOCC2)c1CN.Cl. The average Bonchev–Trinajstić information content (AvgIpc) is 3.88. The number of hydrogen-bond donors (Lipinski definition) is 5. The lowest BCUT2D eigenvalue weighted by atomic mass is 10.0. The Labute approximate surface area is 376 Å². The predicted octanol–water partition coefficient (Wildman–Crippen LogP) is 5.32. The van der Waals surface area contributed by atoms with Crippen molar-refractivity contribution in [2.45, 2.75) is 139 Å². The van der Waals surface area contributed by atoms with Gasteiger partial charge in [-0.25, -0.2) is 19.3 Å². The Morgan fingerprint density at radius 3 is 1.56 bits per heavy atom. The zero-order valence-corrected chi connectivity index (χ0v) is 37.7. The molecule has 0 saturated carbocycles. The first-order chi connectivity index (χ1) is 29.5. The highest BCUT2D eigenvalue weighted by Crippen LogP contribution is 2.32. The van der Waals surface area contributed by atoms with Gasteiger partial charge in [0.1, 0.15) is 12.8 Å². The van der Waals surface area contributed by atoms with E-state index >= 15 is 0 Å². The molecule has 0 unspecified atom stereocenters. The Bertz CT molecular complexity index is 2060. The summed E-state index contributed by atoms with van der Waals surface area (Å²) in [5, 5.41) is 29.2. The quantitative estimate of drug-likeness (QED) is 0.0665. The fourth-order valence-corrected chi connectivity index (χ4v) is 7.16. The van der Waals surface area contributed by atoms with E-state index in [1.807, 2.05) is 35.6 Å². The van der Waals surface area contributed by atoms with Gasteiger partial charge in [0, 0.05) is 87.2 Å². The molecule has 4 aromatic heterocycles. The first-order valence-corrected chi connectivity index (χ1v) is 21.4. The number of nitrogens with one attached hydrogen (secondary N) is 3. The van der Waals surface area contributed by atoms with Crippen molar-refractivity contribution in [1.29, 1.82) is 0 Å². The summed E-state index contributed by atoms with van der Waals surface area (Å²) in [4.78, 5) is 53.5. The highest BCUT2D eigenvalue weighted by Gasteiger charge is 2.23. The second-order valence-corrected chi connectivity index (χ2v) is 14.3. The fourth-order valence-electron chi connectivity index (χ4n) is 7.16. The molecule has 1 amide bonds. The molecular formula is C43H69ClN10O9. The summed E-state index contributed by atoms with van der Waals surface area (Å²) in [6.45, 7) is 17.5. The van der Waals surface area contributed by atoms with Crippen LogP contribution in [0.2, 0.25) is 0 Å². The van der Waals surface area contributed by atoms with E-state index in [4.69, 9.17) is 35.0 Å². The average molecular weight is 906 g/mol. The predicted molar refractivity (Wildman–Crippen MR) is 244 cm³/mol. The van der Waals surface area contributed by atoms with Gasteiger partial charge >= 0.3 is 17.9 Å². The van der Waals surface area contributed by atoms with Crippen LogP contribution in [0.5, 0.6) is 0 Å². The molecule has 0 aromatic carbocycles. The third kappa shape index (κ3) is 15.3. The second kappa shape index (κ2) is 27.8. The van der Waals surface area contributed by atoms with Crippen LogP contribution in [0.1, 0.15) is 110 Å². The minimum atomic E-state index is -1.16. The summed E-state index contributed by atoms with van der Waals surface area (Å²) in [6.07, 6.45) is 8.38. The maximum absolute atomic E-state index is 12.2. The number of esters is 2. The molecule has 2 aliphatic heterocycles. The zero-order valence-electron chi connectivity index (χ0n) is 36.9. The molecule has 2 fully saturated rings. The van der Waals surface area contributed by atoms with Crippen molar-refractivity contribution in [1.82, 2.24) is 34.8 Å². The van der Waals surface area contributed by atoms with E-state index in [2.05, 4.69) is 44.7 Å². The van der Waals surface area contributed by atoms with Gasteiger partial charge in [-0.3, -0.25) is 19.2 Å². The largest absolute Gasteiger partial charge is 0.481 e. The van der Waals surface area contributed by atoms with Gasteiger partial charge in [0.2, 0.25) is 5.91 Å². The van der Waals surface area contributed by atoms with E-state index in [9.17, 15) is 19.2 Å². The zero-order chi connectivity index (χ0) is 44.3. The van der Waals surface area contributed by atoms with Gasteiger partial charge in [-0.15, -0.1) is 12.4 Å². The summed E-state index contributed by atoms with van der Waals surface area (Å²) in [5.74, 6) is -2.74. The number of fused-ring (bicyclic) bond motifs is 2. The minimum Gasteiger partial charge on any atom is -0.481 e. The van der Waals surface area contributed by atoms with Crippen LogP contribution in [-0.2, 0) is 77.1 Å². The molecule has 0 bridgehead atoms. The molecule has 20 heteroatoms. The highest BCUT2D eigenvalue weighted by atomic mass is 35.5. The first kappa shape index (κ1) is 54.0. The minimum absolute atomic E-state index is 0. The van der Waals surface area contributed by atoms with E-state index in [0.717, 1.165) is 134 Å². The van der Waals surface area contributed by atoms with Gasteiger partial charge < -0.3 is 45.7 Å². The third-order valence-electron chi connectivity index (χ3n) is 10.2. The number of carbonyl (C=O) groups is 4. The Morgan fingerprint density at radius 1 is 0.730 bits per heavy atom. The van der Waals surface area contributed by atoms with Crippen LogP contribution in [0.3, 0.4) is 0 Å². The van der Waals surface area contributed by atoms with E-state index < -0.39 is 24.3 Å². The Balaban J connectivity index is 0.000000363. The van der Waals surface area contributed by atoms with Crippen molar-refractivity contribution < 1.29 is 43.2 Å². The number of carboxylic acids is 1. The van der Waals surface area contributed by atoms with Crippen molar-refractivity contribution in [2.75, 3.05) is 50.3 Å². The maximum atomic E-state index is 12.2. The third-order valence-corrected chi connectivity index (χ3v) is 10.2. The maximum Gasteiger partial charge on any atom is 0.317 e. The summed E-state index contributed by atoms with van der Waals surface area (Å²) in [7, 11) is 0. The molecule has 63 heavy (non-hydrogen) atoms. The number of aliphatic carboxylic acids is 1. The Morgan fingerprint density at radius 2 is 1.16 bits per heavy atom. The van der Waals surface area contributed by atoms with Crippen molar-refractivity contribution in [3.05, 3.63) is 34.9 Å². The molecule has 4 aromatic rings. The summed E-state index contributed by atoms with van der Waals surface area (Å²) < 4.78 is 24.0. The summed E-state index contributed by atoms with van der Waals surface area (Å²) >= 11 is 0.